The number of amides is 2. The molecule has 3 aromatic carbocycles. The highest BCUT2D eigenvalue weighted by Gasteiger charge is 2.20. The van der Waals surface area contributed by atoms with E-state index < -0.39 is 10.8 Å². The molecular weight excluding hydrogens is 428 g/mol. The molecule has 3 aromatic rings. The number of para-hydroxylation sites is 2. The summed E-state index contributed by atoms with van der Waals surface area (Å²) in [7, 11) is 0. The van der Waals surface area contributed by atoms with Crippen molar-refractivity contribution < 1.29 is 14.5 Å². The first-order valence-corrected chi connectivity index (χ1v) is 10.1. The predicted molar refractivity (Wildman–Crippen MR) is 127 cm³/mol. The number of carbonyl (C=O) groups is 2. The predicted octanol–water partition coefficient (Wildman–Crippen LogP) is 4.39. The Morgan fingerprint density at radius 3 is 2.38 bits per heavy atom. The topological polar surface area (TPSA) is 105 Å². The van der Waals surface area contributed by atoms with Gasteiger partial charge in [0.2, 0.25) is 0 Å². The lowest BCUT2D eigenvalue weighted by Crippen LogP contribution is -2.35. The number of nitrogens with one attached hydrogen (secondary N) is 2. The number of carbonyl (C=O) groups excluding carboxylic acids is 2. The number of anilines is 2. The van der Waals surface area contributed by atoms with Crippen molar-refractivity contribution in [3.63, 3.8) is 0 Å². The number of thiocarbonyl (C=S) groups is 1. The van der Waals surface area contributed by atoms with E-state index in [9.17, 15) is 19.7 Å². The van der Waals surface area contributed by atoms with Gasteiger partial charge in [0.25, 0.3) is 17.5 Å². The minimum Gasteiger partial charge on any atom is -0.332 e. The minimum absolute atomic E-state index is 0.0375. The summed E-state index contributed by atoms with van der Waals surface area (Å²) in [5, 5.41) is 16.2. The van der Waals surface area contributed by atoms with Gasteiger partial charge in [-0.05, 0) is 49.5 Å². The molecule has 0 aliphatic rings. The lowest BCUT2D eigenvalue weighted by molar-refractivity contribution is -0.384. The zero-order chi connectivity index (χ0) is 23.1. The smallest absolute Gasteiger partial charge is 0.270 e. The van der Waals surface area contributed by atoms with Gasteiger partial charge in [-0.15, -0.1) is 0 Å². The van der Waals surface area contributed by atoms with Gasteiger partial charge in [0.1, 0.15) is 0 Å². The third kappa shape index (κ3) is 5.32. The molecule has 0 spiro atoms. The third-order valence-electron chi connectivity index (χ3n) is 4.58. The van der Waals surface area contributed by atoms with Crippen molar-refractivity contribution in [2.45, 2.75) is 6.92 Å². The summed E-state index contributed by atoms with van der Waals surface area (Å²) in [6, 6.07) is 21.4. The number of hydrogen-bond acceptors (Lipinski definition) is 5. The van der Waals surface area contributed by atoms with Crippen LogP contribution in [0.25, 0.3) is 0 Å². The average molecular weight is 449 g/mol. The maximum atomic E-state index is 13.2. The maximum Gasteiger partial charge on any atom is 0.270 e. The van der Waals surface area contributed by atoms with Crippen molar-refractivity contribution in [1.29, 1.82) is 0 Å². The first-order chi connectivity index (χ1) is 15.4. The molecule has 0 bridgehead atoms. The highest BCUT2D eigenvalue weighted by Crippen LogP contribution is 2.22. The van der Waals surface area contributed by atoms with Gasteiger partial charge in [-0.25, -0.2) is 0 Å². The van der Waals surface area contributed by atoms with E-state index in [0.29, 0.717) is 17.8 Å². The largest absolute Gasteiger partial charge is 0.332 e. The number of nitrogens with zero attached hydrogens (tertiary/aromatic N) is 2. The number of hydrogen-bond donors (Lipinski definition) is 2. The molecule has 0 unspecified atom stereocenters. The molecule has 3 rings (SSSR count). The van der Waals surface area contributed by atoms with Crippen LogP contribution in [0.3, 0.4) is 0 Å². The van der Waals surface area contributed by atoms with Gasteiger partial charge in [0.15, 0.2) is 5.11 Å². The fourth-order valence-corrected chi connectivity index (χ4v) is 3.27. The van der Waals surface area contributed by atoms with Crippen molar-refractivity contribution >= 4 is 46.2 Å². The Kier molecular flexibility index (Phi) is 7.25. The van der Waals surface area contributed by atoms with Gasteiger partial charge in [-0.2, -0.15) is 0 Å². The molecule has 2 N–H and O–H groups in total. The quantitative estimate of drug-likeness (QED) is 0.329. The lowest BCUT2D eigenvalue weighted by atomic mass is 10.1. The van der Waals surface area contributed by atoms with E-state index in [-0.39, 0.29) is 22.3 Å². The summed E-state index contributed by atoms with van der Waals surface area (Å²) in [4.78, 5) is 37.6. The molecule has 0 aliphatic carbocycles. The number of rotatable bonds is 6. The van der Waals surface area contributed by atoms with E-state index >= 15 is 0 Å². The Bertz CT molecular complexity index is 1170. The van der Waals surface area contributed by atoms with Crippen LogP contribution >= 0.6 is 12.2 Å². The van der Waals surface area contributed by atoms with Crippen molar-refractivity contribution in [1.82, 2.24) is 5.32 Å². The first kappa shape index (κ1) is 22.6. The summed E-state index contributed by atoms with van der Waals surface area (Å²) in [5.74, 6) is -0.830. The highest BCUT2D eigenvalue weighted by molar-refractivity contribution is 7.80. The number of nitro benzene ring substituents is 1. The Morgan fingerprint density at radius 2 is 1.69 bits per heavy atom. The van der Waals surface area contributed by atoms with Crippen LogP contribution in [0.4, 0.5) is 17.1 Å². The highest BCUT2D eigenvalue weighted by atomic mass is 32.1. The van der Waals surface area contributed by atoms with Crippen LogP contribution in [0.1, 0.15) is 27.6 Å². The summed E-state index contributed by atoms with van der Waals surface area (Å²) < 4.78 is 0. The second kappa shape index (κ2) is 10.3. The molecular formula is C23H20N4O4S. The molecule has 0 aliphatic heterocycles. The molecule has 0 saturated carbocycles. The Balaban J connectivity index is 1.76. The normalized spacial score (nSPS) is 10.2. The van der Waals surface area contributed by atoms with Gasteiger partial charge in [-0.1, -0.05) is 36.4 Å². The fourth-order valence-electron chi connectivity index (χ4n) is 3.06. The molecule has 2 amide bonds. The summed E-state index contributed by atoms with van der Waals surface area (Å²) >= 11 is 5.23. The Labute approximate surface area is 190 Å². The molecule has 0 saturated heterocycles. The van der Waals surface area contributed by atoms with Crippen LogP contribution < -0.4 is 15.5 Å². The first-order valence-electron chi connectivity index (χ1n) is 9.73. The monoisotopic (exact) mass is 448 g/mol. The van der Waals surface area contributed by atoms with Crippen LogP contribution in [0, 0.1) is 10.1 Å². The van der Waals surface area contributed by atoms with Crippen LogP contribution in [0.5, 0.6) is 0 Å². The van der Waals surface area contributed by atoms with Crippen LogP contribution in [0.2, 0.25) is 0 Å². The van der Waals surface area contributed by atoms with Gasteiger partial charge < -0.3 is 10.2 Å². The summed E-state index contributed by atoms with van der Waals surface area (Å²) in [6.45, 7) is 2.34. The van der Waals surface area contributed by atoms with Crippen molar-refractivity contribution in [2.24, 2.45) is 0 Å². The standard InChI is InChI=1S/C23H20N4O4S/c1-2-26(17-10-4-3-5-11-17)22(29)19-13-6-7-14-20(19)24-23(32)25-21(28)16-9-8-12-18(15-16)27(30)31/h3-15H,2H2,1H3,(H2,24,25,28,32). The molecule has 0 radical (unpaired) electrons. The SMILES string of the molecule is CCN(C(=O)c1ccccc1NC(=S)NC(=O)c1cccc([N+](=O)[O-])c1)c1ccccc1. The van der Waals surface area contributed by atoms with Crippen molar-refractivity contribution in [3.8, 4) is 0 Å². The zero-order valence-corrected chi connectivity index (χ0v) is 18.0. The van der Waals surface area contributed by atoms with Gasteiger partial charge >= 0.3 is 0 Å². The minimum atomic E-state index is -0.602. The summed E-state index contributed by atoms with van der Waals surface area (Å²) in [6.07, 6.45) is 0. The molecule has 162 valence electrons. The van der Waals surface area contributed by atoms with Crippen LogP contribution in [0.15, 0.2) is 78.9 Å². The molecule has 32 heavy (non-hydrogen) atoms. The molecule has 9 heteroatoms. The Morgan fingerprint density at radius 1 is 1.00 bits per heavy atom. The Hall–Kier alpha value is -4.11. The van der Waals surface area contributed by atoms with Gasteiger partial charge in [-0.3, -0.25) is 25.0 Å². The zero-order valence-electron chi connectivity index (χ0n) is 17.1. The van der Waals surface area contributed by atoms with E-state index in [1.54, 1.807) is 29.2 Å². The molecule has 8 nitrogen and oxygen atoms in total. The molecule has 0 aromatic heterocycles. The number of nitro groups is 1. The number of non-ortho nitro benzene ring substituents is 1. The van der Waals surface area contributed by atoms with E-state index in [0.717, 1.165) is 11.8 Å². The van der Waals surface area contributed by atoms with E-state index in [1.807, 2.05) is 37.3 Å². The lowest BCUT2D eigenvalue weighted by Gasteiger charge is -2.22. The van der Waals surface area contributed by atoms with Gasteiger partial charge in [0.05, 0.1) is 16.2 Å². The number of benzene rings is 3. The molecule has 0 atom stereocenters. The summed E-state index contributed by atoms with van der Waals surface area (Å²) in [5.41, 5.74) is 1.46. The maximum absolute atomic E-state index is 13.2. The second-order valence-corrected chi connectivity index (χ2v) is 7.05. The van der Waals surface area contributed by atoms with Crippen molar-refractivity contribution in [3.05, 3.63) is 100 Å². The van der Waals surface area contributed by atoms with Crippen LogP contribution in [-0.4, -0.2) is 28.4 Å². The van der Waals surface area contributed by atoms with E-state index in [4.69, 9.17) is 12.2 Å². The molecule has 0 fully saturated rings. The average Bonchev–Trinajstić information content (AvgIpc) is 2.80. The van der Waals surface area contributed by atoms with E-state index in [2.05, 4.69) is 10.6 Å². The molecule has 0 heterocycles. The fraction of sp³-hybridized carbons (Fsp3) is 0.0870. The third-order valence-corrected chi connectivity index (χ3v) is 4.79. The van der Waals surface area contributed by atoms with Gasteiger partial charge in [0, 0.05) is 29.9 Å². The van der Waals surface area contributed by atoms with Crippen molar-refractivity contribution in [2.75, 3.05) is 16.8 Å². The van der Waals surface area contributed by atoms with E-state index in [1.165, 1.54) is 18.2 Å². The second-order valence-electron chi connectivity index (χ2n) is 6.65. The van der Waals surface area contributed by atoms with Crippen LogP contribution in [-0.2, 0) is 0 Å².